The Balaban J connectivity index is 1.85. The number of aliphatic hydroxyl groups excluding tert-OH is 1. The van der Waals surface area contributed by atoms with Crippen molar-refractivity contribution in [3.63, 3.8) is 0 Å². The summed E-state index contributed by atoms with van der Waals surface area (Å²) in [5, 5.41) is 18.8. The van der Waals surface area contributed by atoms with Crippen LogP contribution in [-0.2, 0) is 16.0 Å². The number of amides is 1. The maximum Gasteiger partial charge on any atom is 0.410 e. The minimum atomic E-state index is -0.803. The van der Waals surface area contributed by atoms with Gasteiger partial charge in [0.25, 0.3) is 0 Å². The first-order valence-electron chi connectivity index (χ1n) is 9.27. The van der Waals surface area contributed by atoms with Gasteiger partial charge in [0.2, 0.25) is 0 Å². The van der Waals surface area contributed by atoms with Gasteiger partial charge < -0.3 is 14.9 Å². The zero-order valence-corrected chi connectivity index (χ0v) is 15.4. The molecule has 0 radical (unpaired) electrons. The first-order chi connectivity index (χ1) is 13.1. The second kappa shape index (κ2) is 11.2. The van der Waals surface area contributed by atoms with Gasteiger partial charge in [0.05, 0.1) is 18.8 Å². The number of aliphatic hydroxyl groups is 1. The van der Waals surface area contributed by atoms with Gasteiger partial charge in [0.1, 0.15) is 0 Å². The zero-order valence-electron chi connectivity index (χ0n) is 15.4. The third-order valence-electron chi connectivity index (χ3n) is 4.35. The van der Waals surface area contributed by atoms with Crippen molar-refractivity contribution >= 4 is 12.1 Å². The number of hydrogen-bond donors (Lipinski definition) is 2. The molecule has 1 aromatic rings. The number of ether oxygens (including phenoxy) is 1. The quantitative estimate of drug-likeness (QED) is 0.486. The van der Waals surface area contributed by atoms with Crippen molar-refractivity contribution in [1.29, 1.82) is 0 Å². The normalized spacial score (nSPS) is 18.8. The van der Waals surface area contributed by atoms with Gasteiger partial charge in [-0.2, -0.15) is 0 Å². The van der Waals surface area contributed by atoms with E-state index in [1.54, 1.807) is 11.0 Å². The van der Waals surface area contributed by atoms with Crippen LogP contribution >= 0.6 is 0 Å². The largest absolute Gasteiger partial charge is 0.481 e. The second-order valence-electron chi connectivity index (χ2n) is 6.52. The Morgan fingerprint density at radius 1 is 1.30 bits per heavy atom. The highest BCUT2D eigenvalue weighted by molar-refractivity contribution is 5.69. The van der Waals surface area contributed by atoms with E-state index in [4.69, 9.17) is 9.84 Å². The topological polar surface area (TPSA) is 87.1 Å². The van der Waals surface area contributed by atoms with E-state index >= 15 is 0 Å². The van der Waals surface area contributed by atoms with Gasteiger partial charge in [-0.15, -0.1) is 0 Å². The Kier molecular flexibility index (Phi) is 8.58. The van der Waals surface area contributed by atoms with Gasteiger partial charge in [0, 0.05) is 25.8 Å². The van der Waals surface area contributed by atoms with Crippen LogP contribution in [0.15, 0.2) is 54.6 Å². The molecule has 2 N–H and O–H groups in total. The molecule has 0 aliphatic carbocycles. The number of carboxylic acids is 1. The van der Waals surface area contributed by atoms with Crippen LogP contribution in [0.4, 0.5) is 4.79 Å². The molecule has 1 saturated heterocycles. The average molecular weight is 373 g/mol. The molecule has 0 bridgehead atoms. The van der Waals surface area contributed by atoms with E-state index in [1.807, 2.05) is 48.6 Å². The SMILES string of the molecule is O=C(O)CCC/C=C\CN1C(=O)OCC[C@@H]1/C=C/C(O)Cc1ccccc1. The summed E-state index contributed by atoms with van der Waals surface area (Å²) in [5.41, 5.74) is 1.05. The highest BCUT2D eigenvalue weighted by atomic mass is 16.6. The Morgan fingerprint density at radius 2 is 2.07 bits per heavy atom. The van der Waals surface area contributed by atoms with Gasteiger partial charge in [-0.1, -0.05) is 54.6 Å². The first-order valence-corrected chi connectivity index (χ1v) is 9.27. The van der Waals surface area contributed by atoms with Crippen LogP contribution in [0.5, 0.6) is 0 Å². The van der Waals surface area contributed by atoms with Crippen LogP contribution in [0.1, 0.15) is 31.2 Å². The molecule has 1 unspecified atom stereocenters. The average Bonchev–Trinajstić information content (AvgIpc) is 2.65. The van der Waals surface area contributed by atoms with E-state index in [-0.39, 0.29) is 18.6 Å². The first kappa shape index (κ1) is 20.7. The van der Waals surface area contributed by atoms with Crippen LogP contribution in [0.25, 0.3) is 0 Å². The third-order valence-corrected chi connectivity index (χ3v) is 4.35. The molecule has 1 aromatic carbocycles. The van der Waals surface area contributed by atoms with Crippen molar-refractivity contribution in [3.05, 3.63) is 60.2 Å². The number of carbonyl (C=O) groups excluding carboxylic acids is 1. The molecular weight excluding hydrogens is 346 g/mol. The predicted octanol–water partition coefficient (Wildman–Crippen LogP) is 3.17. The molecule has 0 spiro atoms. The molecule has 1 aliphatic rings. The number of nitrogens with zero attached hydrogens (tertiary/aromatic N) is 1. The predicted molar refractivity (Wildman–Crippen MR) is 102 cm³/mol. The van der Waals surface area contributed by atoms with Crippen molar-refractivity contribution in [3.8, 4) is 0 Å². The number of aliphatic carboxylic acids is 1. The second-order valence-corrected chi connectivity index (χ2v) is 6.52. The number of benzene rings is 1. The van der Waals surface area contributed by atoms with Crippen molar-refractivity contribution in [2.75, 3.05) is 13.2 Å². The summed E-state index contributed by atoms with van der Waals surface area (Å²) < 4.78 is 5.11. The Labute approximate surface area is 159 Å². The lowest BCUT2D eigenvalue weighted by atomic mass is 10.1. The maximum absolute atomic E-state index is 12.0. The van der Waals surface area contributed by atoms with Crippen LogP contribution in [0, 0.1) is 0 Å². The summed E-state index contributed by atoms with van der Waals surface area (Å²) in [7, 11) is 0. The number of rotatable bonds is 10. The summed E-state index contributed by atoms with van der Waals surface area (Å²) in [6, 6.07) is 9.63. The van der Waals surface area contributed by atoms with Gasteiger partial charge in [0.15, 0.2) is 0 Å². The molecular formula is C21H27NO5. The summed E-state index contributed by atoms with van der Waals surface area (Å²) in [5.74, 6) is -0.803. The van der Waals surface area contributed by atoms with Gasteiger partial charge >= 0.3 is 12.1 Å². The minimum Gasteiger partial charge on any atom is -0.481 e. The maximum atomic E-state index is 12.0. The van der Waals surface area contributed by atoms with E-state index in [9.17, 15) is 14.7 Å². The molecule has 27 heavy (non-hydrogen) atoms. The summed E-state index contributed by atoms with van der Waals surface area (Å²) in [6.45, 7) is 0.761. The molecule has 0 saturated carbocycles. The lowest BCUT2D eigenvalue weighted by Crippen LogP contribution is -2.44. The number of unbranched alkanes of at least 4 members (excludes halogenated alkanes) is 1. The summed E-state index contributed by atoms with van der Waals surface area (Å²) >= 11 is 0. The molecule has 1 heterocycles. The standard InChI is InChI=1S/C21H27NO5/c23-19(16-17-8-4-3-5-9-17)12-11-18-13-15-27-21(26)22(18)14-7-2-1-6-10-20(24)25/h2-5,7-9,11-12,18-19,23H,1,6,10,13-16H2,(H,24,25)/b7-2-,12-11+/t18-,19?/m0/s1. The lowest BCUT2D eigenvalue weighted by molar-refractivity contribution is -0.137. The Bertz CT molecular complexity index is 656. The van der Waals surface area contributed by atoms with E-state index in [0.717, 1.165) is 5.56 Å². The third kappa shape index (κ3) is 7.66. The molecule has 2 atom stereocenters. The van der Waals surface area contributed by atoms with Crippen LogP contribution in [0.3, 0.4) is 0 Å². The number of carboxylic acid groups (broad SMARTS) is 1. The van der Waals surface area contributed by atoms with Crippen molar-refractivity contribution in [2.24, 2.45) is 0 Å². The molecule has 146 valence electrons. The smallest absolute Gasteiger partial charge is 0.410 e. The van der Waals surface area contributed by atoms with E-state index in [0.29, 0.717) is 38.8 Å². The van der Waals surface area contributed by atoms with E-state index in [1.165, 1.54) is 0 Å². The number of carbonyl (C=O) groups is 2. The van der Waals surface area contributed by atoms with Crippen molar-refractivity contribution in [1.82, 2.24) is 4.90 Å². The molecule has 1 fully saturated rings. The van der Waals surface area contributed by atoms with Gasteiger partial charge in [-0.05, 0) is 18.4 Å². The van der Waals surface area contributed by atoms with Crippen molar-refractivity contribution < 1.29 is 24.5 Å². The van der Waals surface area contributed by atoms with Crippen LogP contribution < -0.4 is 0 Å². The number of hydrogen-bond acceptors (Lipinski definition) is 4. The molecule has 6 heteroatoms. The molecule has 1 aliphatic heterocycles. The van der Waals surface area contributed by atoms with E-state index < -0.39 is 12.1 Å². The molecule has 0 aromatic heterocycles. The highest BCUT2D eigenvalue weighted by Crippen LogP contribution is 2.16. The van der Waals surface area contributed by atoms with E-state index in [2.05, 4.69) is 0 Å². The molecule has 6 nitrogen and oxygen atoms in total. The van der Waals surface area contributed by atoms with Gasteiger partial charge in [-0.3, -0.25) is 9.69 Å². The minimum absolute atomic E-state index is 0.125. The lowest BCUT2D eigenvalue weighted by Gasteiger charge is -2.32. The fraction of sp³-hybridized carbons (Fsp3) is 0.429. The highest BCUT2D eigenvalue weighted by Gasteiger charge is 2.26. The van der Waals surface area contributed by atoms with Gasteiger partial charge in [-0.25, -0.2) is 4.79 Å². The number of cyclic esters (lactones) is 1. The summed E-state index contributed by atoms with van der Waals surface area (Å²) in [4.78, 5) is 24.1. The molecule has 2 rings (SSSR count). The Morgan fingerprint density at radius 3 is 2.81 bits per heavy atom. The number of allylic oxidation sites excluding steroid dienone is 1. The van der Waals surface area contributed by atoms with Crippen LogP contribution in [-0.4, -0.2) is 52.5 Å². The monoisotopic (exact) mass is 373 g/mol. The molecule has 1 amide bonds. The fourth-order valence-electron chi connectivity index (χ4n) is 2.91. The summed E-state index contributed by atoms with van der Waals surface area (Å²) in [6.07, 6.45) is 8.93. The fourth-order valence-corrected chi connectivity index (χ4v) is 2.91. The van der Waals surface area contributed by atoms with Crippen LogP contribution in [0.2, 0.25) is 0 Å². The Hall–Kier alpha value is -2.60. The zero-order chi connectivity index (χ0) is 19.5. The van der Waals surface area contributed by atoms with Crippen molar-refractivity contribution in [2.45, 2.75) is 44.2 Å².